The van der Waals surface area contributed by atoms with Gasteiger partial charge in [0.15, 0.2) is 0 Å². The molecule has 0 radical (unpaired) electrons. The molecule has 0 aromatic heterocycles. The van der Waals surface area contributed by atoms with E-state index in [1.165, 1.54) is 6.92 Å². The molecule has 8 nitrogen and oxygen atoms in total. The number of amides is 4. The van der Waals surface area contributed by atoms with Crippen molar-refractivity contribution in [2.75, 3.05) is 0 Å². The highest BCUT2D eigenvalue weighted by Crippen LogP contribution is 2.18. The van der Waals surface area contributed by atoms with Crippen LogP contribution in [0.1, 0.15) is 30.9 Å². The second kappa shape index (κ2) is 12.3. The normalized spacial score (nSPS) is 12.4. The van der Waals surface area contributed by atoms with Crippen LogP contribution in [0.25, 0.3) is 10.8 Å². The molecule has 5 N–H and O–H groups in total. The number of primary amides is 1. The molecule has 2 atom stereocenters. The first-order chi connectivity index (χ1) is 16.8. The fourth-order valence-electron chi connectivity index (χ4n) is 3.74. The van der Waals surface area contributed by atoms with E-state index in [0.717, 1.165) is 21.9 Å². The predicted molar refractivity (Wildman–Crippen MR) is 134 cm³/mol. The molecule has 0 unspecified atom stereocenters. The highest BCUT2D eigenvalue weighted by Gasteiger charge is 2.26. The molecule has 4 amide bonds. The number of hydrogen-bond donors (Lipinski definition) is 4. The Hall–Kier alpha value is -4.20. The maximum atomic E-state index is 12.7. The number of carbonyl (C=O) groups excluding carboxylic acids is 4. The van der Waals surface area contributed by atoms with E-state index in [1.807, 2.05) is 72.8 Å². The first-order valence-corrected chi connectivity index (χ1v) is 11.5. The standard InChI is InChI=1S/C27H30N4O4/c1-18(26(34)29-17-21-12-7-11-20-10-5-6-13-22(20)21)30-27(35)23(16-24(28)32)31-25(33)15-14-19-8-3-2-4-9-19/h2-13,18,23H,14-17H2,1H3,(H2,28,32)(H,29,34)(H,30,35)(H,31,33)/t18-,23-/m0/s1. The van der Waals surface area contributed by atoms with Gasteiger partial charge in [0.25, 0.3) is 0 Å². The molecule has 0 aliphatic heterocycles. The number of nitrogens with two attached hydrogens (primary N) is 1. The van der Waals surface area contributed by atoms with Gasteiger partial charge >= 0.3 is 0 Å². The van der Waals surface area contributed by atoms with Gasteiger partial charge in [0, 0.05) is 13.0 Å². The number of benzene rings is 3. The zero-order valence-electron chi connectivity index (χ0n) is 19.6. The monoisotopic (exact) mass is 474 g/mol. The average molecular weight is 475 g/mol. The molecule has 0 saturated heterocycles. The molecular formula is C27H30N4O4. The van der Waals surface area contributed by atoms with Crippen LogP contribution in [0.3, 0.4) is 0 Å². The van der Waals surface area contributed by atoms with Crippen molar-refractivity contribution >= 4 is 34.4 Å². The fraction of sp³-hybridized carbons (Fsp3) is 0.259. The smallest absolute Gasteiger partial charge is 0.243 e. The van der Waals surface area contributed by atoms with Crippen LogP contribution in [0.2, 0.25) is 0 Å². The Morgan fingerprint density at radius 3 is 2.26 bits per heavy atom. The highest BCUT2D eigenvalue weighted by molar-refractivity contribution is 5.94. The Morgan fingerprint density at radius 1 is 0.829 bits per heavy atom. The summed E-state index contributed by atoms with van der Waals surface area (Å²) in [5.41, 5.74) is 7.20. The molecule has 3 rings (SSSR count). The minimum Gasteiger partial charge on any atom is -0.370 e. The maximum absolute atomic E-state index is 12.7. The van der Waals surface area contributed by atoms with Crippen molar-refractivity contribution in [3.05, 3.63) is 83.9 Å². The zero-order chi connectivity index (χ0) is 25.2. The van der Waals surface area contributed by atoms with Gasteiger partial charge in [-0.3, -0.25) is 19.2 Å². The molecule has 0 bridgehead atoms. The van der Waals surface area contributed by atoms with Gasteiger partial charge < -0.3 is 21.7 Å². The molecule has 0 spiro atoms. The summed E-state index contributed by atoms with van der Waals surface area (Å²) in [6, 6.07) is 21.1. The lowest BCUT2D eigenvalue weighted by molar-refractivity contribution is -0.133. The van der Waals surface area contributed by atoms with Gasteiger partial charge in [-0.15, -0.1) is 0 Å². The molecule has 8 heteroatoms. The van der Waals surface area contributed by atoms with Crippen molar-refractivity contribution in [3.8, 4) is 0 Å². The van der Waals surface area contributed by atoms with Crippen LogP contribution >= 0.6 is 0 Å². The molecule has 35 heavy (non-hydrogen) atoms. The van der Waals surface area contributed by atoms with E-state index in [2.05, 4.69) is 16.0 Å². The lowest BCUT2D eigenvalue weighted by Gasteiger charge is -2.20. The fourth-order valence-corrected chi connectivity index (χ4v) is 3.74. The SMILES string of the molecule is C[C@H](NC(=O)[C@H](CC(N)=O)NC(=O)CCc1ccccc1)C(=O)NCc1cccc2ccccc12. The molecule has 3 aromatic carbocycles. The molecule has 0 fully saturated rings. The molecule has 0 heterocycles. The van der Waals surface area contributed by atoms with Gasteiger partial charge in [-0.2, -0.15) is 0 Å². The van der Waals surface area contributed by atoms with Gasteiger partial charge in [0.1, 0.15) is 12.1 Å². The van der Waals surface area contributed by atoms with Gasteiger partial charge in [-0.1, -0.05) is 72.8 Å². The maximum Gasteiger partial charge on any atom is 0.243 e. The van der Waals surface area contributed by atoms with Crippen LogP contribution in [0, 0.1) is 0 Å². The Morgan fingerprint density at radius 2 is 1.51 bits per heavy atom. The summed E-state index contributed by atoms with van der Waals surface area (Å²) in [6.07, 6.45) is 0.269. The molecule has 3 aromatic rings. The van der Waals surface area contributed by atoms with Crippen molar-refractivity contribution in [1.82, 2.24) is 16.0 Å². The van der Waals surface area contributed by atoms with Gasteiger partial charge in [-0.05, 0) is 35.2 Å². The number of rotatable bonds is 11. The van der Waals surface area contributed by atoms with Gasteiger partial charge in [0.2, 0.25) is 23.6 Å². The largest absolute Gasteiger partial charge is 0.370 e. The third-order valence-corrected chi connectivity index (χ3v) is 5.63. The van der Waals surface area contributed by atoms with E-state index < -0.39 is 23.9 Å². The first kappa shape index (κ1) is 25.4. The zero-order valence-corrected chi connectivity index (χ0v) is 19.6. The molecule has 182 valence electrons. The van der Waals surface area contributed by atoms with Crippen LogP contribution in [-0.2, 0) is 32.1 Å². The summed E-state index contributed by atoms with van der Waals surface area (Å²) in [5.74, 6) is -2.16. The van der Waals surface area contributed by atoms with E-state index in [-0.39, 0.29) is 24.7 Å². The van der Waals surface area contributed by atoms with Crippen molar-refractivity contribution < 1.29 is 19.2 Å². The van der Waals surface area contributed by atoms with E-state index in [4.69, 9.17) is 5.73 Å². The number of hydrogen-bond acceptors (Lipinski definition) is 4. The topological polar surface area (TPSA) is 130 Å². The molecular weight excluding hydrogens is 444 g/mol. The second-order valence-electron chi connectivity index (χ2n) is 8.36. The minimum absolute atomic E-state index is 0.146. The van der Waals surface area contributed by atoms with E-state index in [0.29, 0.717) is 13.0 Å². The Labute approximate surface area is 204 Å². The molecule has 0 aliphatic rings. The summed E-state index contributed by atoms with van der Waals surface area (Å²) in [6.45, 7) is 1.83. The van der Waals surface area contributed by atoms with Crippen LogP contribution in [0.5, 0.6) is 0 Å². The van der Waals surface area contributed by atoms with Gasteiger partial charge in [-0.25, -0.2) is 0 Å². The van der Waals surface area contributed by atoms with E-state index in [9.17, 15) is 19.2 Å². The van der Waals surface area contributed by atoms with E-state index in [1.54, 1.807) is 0 Å². The lowest BCUT2D eigenvalue weighted by atomic mass is 10.0. The second-order valence-corrected chi connectivity index (χ2v) is 8.36. The summed E-state index contributed by atoms with van der Waals surface area (Å²) in [4.78, 5) is 49.2. The Balaban J connectivity index is 1.54. The number of nitrogens with one attached hydrogen (secondary N) is 3. The summed E-state index contributed by atoms with van der Waals surface area (Å²) in [7, 11) is 0. The first-order valence-electron chi connectivity index (χ1n) is 11.5. The van der Waals surface area contributed by atoms with Crippen LogP contribution < -0.4 is 21.7 Å². The summed E-state index contributed by atoms with van der Waals surface area (Å²) in [5, 5.41) is 10.0. The van der Waals surface area contributed by atoms with Crippen molar-refractivity contribution in [2.24, 2.45) is 5.73 Å². The van der Waals surface area contributed by atoms with Crippen molar-refractivity contribution in [1.29, 1.82) is 0 Å². The summed E-state index contributed by atoms with van der Waals surface area (Å²) >= 11 is 0. The van der Waals surface area contributed by atoms with Crippen LogP contribution in [0.15, 0.2) is 72.8 Å². The lowest BCUT2D eigenvalue weighted by Crippen LogP contribution is -2.53. The number of carbonyl (C=O) groups is 4. The third kappa shape index (κ3) is 7.67. The average Bonchev–Trinajstić information content (AvgIpc) is 2.85. The van der Waals surface area contributed by atoms with Crippen LogP contribution in [-0.4, -0.2) is 35.7 Å². The van der Waals surface area contributed by atoms with Crippen LogP contribution in [0.4, 0.5) is 0 Å². The Bertz CT molecular complexity index is 1190. The minimum atomic E-state index is -1.16. The number of aryl methyl sites for hydroxylation is 1. The third-order valence-electron chi connectivity index (χ3n) is 5.63. The highest BCUT2D eigenvalue weighted by atomic mass is 16.2. The van der Waals surface area contributed by atoms with Gasteiger partial charge in [0.05, 0.1) is 6.42 Å². The van der Waals surface area contributed by atoms with Crippen molar-refractivity contribution in [3.63, 3.8) is 0 Å². The molecule has 0 saturated carbocycles. The Kier molecular flexibility index (Phi) is 8.95. The predicted octanol–water partition coefficient (Wildman–Crippen LogP) is 1.95. The molecule has 0 aliphatic carbocycles. The van der Waals surface area contributed by atoms with E-state index >= 15 is 0 Å². The van der Waals surface area contributed by atoms with Crippen molar-refractivity contribution in [2.45, 2.75) is 44.8 Å². The quantitative estimate of drug-likeness (QED) is 0.338. The summed E-state index contributed by atoms with van der Waals surface area (Å²) < 4.78 is 0. The number of fused-ring (bicyclic) bond motifs is 1.